The van der Waals surface area contributed by atoms with Gasteiger partial charge in [-0.1, -0.05) is 24.6 Å². The van der Waals surface area contributed by atoms with Crippen LogP contribution in [0.1, 0.15) is 24.7 Å². The maximum absolute atomic E-state index is 4.51. The number of hydrogen-bond acceptors (Lipinski definition) is 3. The highest BCUT2D eigenvalue weighted by Crippen LogP contribution is 2.20. The fourth-order valence-electron chi connectivity index (χ4n) is 2.34. The number of benzene rings is 1. The standard InChI is InChI=1S/C17H25N3S/c1-4-9-20-10-8-19-17(20)12-15(18-3)13-21-16-7-5-6-14(2)11-16/h5-8,10-11,15,18H,4,9,12-13H2,1-3H3. The average Bonchev–Trinajstić information content (AvgIpc) is 2.91. The minimum atomic E-state index is 0.438. The minimum Gasteiger partial charge on any atom is -0.335 e. The lowest BCUT2D eigenvalue weighted by Crippen LogP contribution is -2.31. The third-order valence-corrected chi connectivity index (χ3v) is 4.70. The third kappa shape index (κ3) is 4.90. The summed E-state index contributed by atoms with van der Waals surface area (Å²) in [5, 5.41) is 3.42. The Bertz CT molecular complexity index is 550. The maximum atomic E-state index is 4.51. The van der Waals surface area contributed by atoms with Crippen LogP contribution in [0, 0.1) is 6.92 Å². The summed E-state index contributed by atoms with van der Waals surface area (Å²) < 4.78 is 2.27. The number of rotatable bonds is 8. The van der Waals surface area contributed by atoms with Crippen molar-refractivity contribution in [3.8, 4) is 0 Å². The van der Waals surface area contributed by atoms with Gasteiger partial charge in [-0.05, 0) is 32.5 Å². The molecule has 0 aliphatic rings. The highest BCUT2D eigenvalue weighted by atomic mass is 32.2. The first-order valence-corrected chi connectivity index (χ1v) is 8.58. The van der Waals surface area contributed by atoms with Crippen LogP contribution in [-0.2, 0) is 13.0 Å². The van der Waals surface area contributed by atoms with Gasteiger partial charge in [-0.2, -0.15) is 0 Å². The summed E-state index contributed by atoms with van der Waals surface area (Å²) in [5.41, 5.74) is 1.32. The van der Waals surface area contributed by atoms with Gasteiger partial charge >= 0.3 is 0 Å². The molecule has 1 unspecified atom stereocenters. The molecular formula is C17H25N3S. The Morgan fingerprint density at radius 3 is 2.95 bits per heavy atom. The number of imidazole rings is 1. The lowest BCUT2D eigenvalue weighted by molar-refractivity contribution is 0.560. The van der Waals surface area contributed by atoms with Crippen LogP contribution in [0.25, 0.3) is 0 Å². The number of thioether (sulfide) groups is 1. The molecule has 0 aliphatic heterocycles. The van der Waals surface area contributed by atoms with Crippen LogP contribution in [0.2, 0.25) is 0 Å². The Kier molecular flexibility index (Phi) is 6.33. The normalized spacial score (nSPS) is 12.5. The zero-order chi connectivity index (χ0) is 15.1. The van der Waals surface area contributed by atoms with E-state index in [4.69, 9.17) is 0 Å². The zero-order valence-corrected chi connectivity index (χ0v) is 14.0. The van der Waals surface area contributed by atoms with Gasteiger partial charge in [-0.25, -0.2) is 4.98 Å². The molecule has 0 spiro atoms. The van der Waals surface area contributed by atoms with E-state index in [1.807, 2.05) is 25.0 Å². The summed E-state index contributed by atoms with van der Waals surface area (Å²) in [6.07, 6.45) is 6.11. The smallest absolute Gasteiger partial charge is 0.110 e. The number of aryl methyl sites for hydroxylation is 2. The largest absolute Gasteiger partial charge is 0.335 e. The van der Waals surface area contributed by atoms with Gasteiger partial charge in [0.25, 0.3) is 0 Å². The van der Waals surface area contributed by atoms with Crippen LogP contribution in [0.5, 0.6) is 0 Å². The van der Waals surface area contributed by atoms with Gasteiger partial charge in [-0.3, -0.25) is 0 Å². The van der Waals surface area contributed by atoms with E-state index in [1.54, 1.807) is 0 Å². The van der Waals surface area contributed by atoms with Crippen molar-refractivity contribution in [3.63, 3.8) is 0 Å². The second kappa shape index (κ2) is 8.25. The summed E-state index contributed by atoms with van der Waals surface area (Å²) in [6, 6.07) is 9.13. The second-order valence-electron chi connectivity index (χ2n) is 5.35. The molecule has 2 aromatic rings. The van der Waals surface area contributed by atoms with Crippen LogP contribution in [0.3, 0.4) is 0 Å². The Balaban J connectivity index is 1.92. The topological polar surface area (TPSA) is 29.9 Å². The number of likely N-dealkylation sites (N-methyl/N-ethyl adjacent to an activating group) is 1. The molecule has 0 radical (unpaired) electrons. The number of nitrogens with zero attached hydrogens (tertiary/aromatic N) is 2. The molecule has 21 heavy (non-hydrogen) atoms. The van der Waals surface area contributed by atoms with Crippen molar-refractivity contribution in [2.75, 3.05) is 12.8 Å². The van der Waals surface area contributed by atoms with Crippen LogP contribution in [0.4, 0.5) is 0 Å². The number of nitrogens with one attached hydrogen (secondary N) is 1. The van der Waals surface area contributed by atoms with Crippen molar-refractivity contribution in [2.24, 2.45) is 0 Å². The molecule has 0 fully saturated rings. The number of hydrogen-bond donors (Lipinski definition) is 1. The fraction of sp³-hybridized carbons (Fsp3) is 0.471. The predicted molar refractivity (Wildman–Crippen MR) is 91.0 cm³/mol. The van der Waals surface area contributed by atoms with Crippen molar-refractivity contribution in [1.82, 2.24) is 14.9 Å². The molecule has 0 bridgehead atoms. The molecule has 4 heteroatoms. The molecule has 1 heterocycles. The van der Waals surface area contributed by atoms with E-state index in [1.165, 1.54) is 16.3 Å². The van der Waals surface area contributed by atoms with E-state index in [9.17, 15) is 0 Å². The molecular weight excluding hydrogens is 278 g/mol. The molecule has 1 aromatic carbocycles. The van der Waals surface area contributed by atoms with Crippen molar-refractivity contribution in [1.29, 1.82) is 0 Å². The monoisotopic (exact) mass is 303 g/mol. The van der Waals surface area contributed by atoms with Crippen molar-refractivity contribution in [3.05, 3.63) is 48.0 Å². The lowest BCUT2D eigenvalue weighted by Gasteiger charge is -2.16. The summed E-state index contributed by atoms with van der Waals surface area (Å²) in [4.78, 5) is 5.85. The van der Waals surface area contributed by atoms with E-state index >= 15 is 0 Å². The first kappa shape index (κ1) is 16.1. The summed E-state index contributed by atoms with van der Waals surface area (Å²) >= 11 is 1.91. The molecule has 0 saturated carbocycles. The first-order chi connectivity index (χ1) is 10.2. The van der Waals surface area contributed by atoms with Gasteiger partial charge in [-0.15, -0.1) is 11.8 Å². The molecule has 0 saturated heterocycles. The van der Waals surface area contributed by atoms with Gasteiger partial charge in [0, 0.05) is 42.0 Å². The van der Waals surface area contributed by atoms with Gasteiger partial charge in [0.15, 0.2) is 0 Å². The molecule has 1 aromatic heterocycles. The molecule has 2 rings (SSSR count). The predicted octanol–water partition coefficient (Wildman–Crippen LogP) is 3.52. The summed E-state index contributed by atoms with van der Waals surface area (Å²) in [7, 11) is 2.04. The molecule has 3 nitrogen and oxygen atoms in total. The molecule has 0 aliphatic carbocycles. The highest BCUT2D eigenvalue weighted by Gasteiger charge is 2.12. The highest BCUT2D eigenvalue weighted by molar-refractivity contribution is 7.99. The van der Waals surface area contributed by atoms with Gasteiger partial charge in [0.1, 0.15) is 5.82 Å². The molecule has 0 amide bonds. The lowest BCUT2D eigenvalue weighted by atomic mass is 10.2. The summed E-state index contributed by atoms with van der Waals surface area (Å²) in [5.74, 6) is 2.24. The minimum absolute atomic E-state index is 0.438. The van der Waals surface area contributed by atoms with Gasteiger partial charge in [0.2, 0.25) is 0 Å². The number of aromatic nitrogens is 2. The van der Waals surface area contributed by atoms with E-state index in [0.29, 0.717) is 6.04 Å². The van der Waals surface area contributed by atoms with E-state index in [0.717, 1.165) is 25.1 Å². The molecule has 1 atom stereocenters. The second-order valence-corrected chi connectivity index (χ2v) is 6.45. The summed E-state index contributed by atoms with van der Waals surface area (Å²) in [6.45, 7) is 5.39. The Morgan fingerprint density at radius 2 is 2.24 bits per heavy atom. The van der Waals surface area contributed by atoms with Gasteiger partial charge < -0.3 is 9.88 Å². The van der Waals surface area contributed by atoms with Crippen LogP contribution >= 0.6 is 11.8 Å². The van der Waals surface area contributed by atoms with Crippen LogP contribution in [-0.4, -0.2) is 28.4 Å². The van der Waals surface area contributed by atoms with Gasteiger partial charge in [0.05, 0.1) is 0 Å². The molecule has 114 valence electrons. The van der Waals surface area contributed by atoms with E-state index < -0.39 is 0 Å². The average molecular weight is 303 g/mol. The molecule has 1 N–H and O–H groups in total. The Hall–Kier alpha value is -1.26. The quantitative estimate of drug-likeness (QED) is 0.757. The van der Waals surface area contributed by atoms with Crippen LogP contribution < -0.4 is 5.32 Å². The van der Waals surface area contributed by atoms with E-state index in [2.05, 4.69) is 59.2 Å². The van der Waals surface area contributed by atoms with Crippen molar-refractivity contribution >= 4 is 11.8 Å². The zero-order valence-electron chi connectivity index (χ0n) is 13.2. The van der Waals surface area contributed by atoms with Crippen LogP contribution in [0.15, 0.2) is 41.6 Å². The maximum Gasteiger partial charge on any atom is 0.110 e. The Morgan fingerprint density at radius 1 is 1.38 bits per heavy atom. The SMILES string of the molecule is CCCn1ccnc1CC(CSc1cccc(C)c1)NC. The fourth-order valence-corrected chi connectivity index (χ4v) is 3.46. The van der Waals surface area contributed by atoms with E-state index in [-0.39, 0.29) is 0 Å². The van der Waals surface area contributed by atoms with Crippen molar-refractivity contribution in [2.45, 2.75) is 44.2 Å². The first-order valence-electron chi connectivity index (χ1n) is 7.59. The van der Waals surface area contributed by atoms with Crippen molar-refractivity contribution < 1.29 is 0 Å². The Labute approximate surface area is 132 Å². The third-order valence-electron chi connectivity index (χ3n) is 3.54.